The number of carboxylic acids is 1. The Labute approximate surface area is 145 Å². The number of amides is 1. The van der Waals surface area contributed by atoms with Gasteiger partial charge in [-0.1, -0.05) is 32.0 Å². The van der Waals surface area contributed by atoms with Gasteiger partial charge in [-0.05, 0) is 30.0 Å². The molecule has 3 rings (SSSR count). The fourth-order valence-electron chi connectivity index (χ4n) is 3.20. The Bertz CT molecular complexity index is 841. The molecule has 2 aromatic rings. The average molecular weight is 343 g/mol. The van der Waals surface area contributed by atoms with Crippen LogP contribution in [0.25, 0.3) is 11.5 Å². The third-order valence-corrected chi connectivity index (χ3v) is 4.90. The number of hydrogen-bond donors (Lipinski definition) is 2. The third-order valence-electron chi connectivity index (χ3n) is 4.90. The number of aromatic nitrogens is 2. The zero-order chi connectivity index (χ0) is 18.4. The van der Waals surface area contributed by atoms with E-state index in [0.717, 1.165) is 5.56 Å². The standard InChI is InChI=1S/C18H21N3O4/c1-5-12-20-16(25-21-12)10-7-6-9(2)11(8-10)19-15(22)13-14(17(23)24)18(13,3)4/h6-8,13-14H,5H2,1-4H3,(H,19,22)(H,23,24)/t13-,14+/m0/s1. The maximum Gasteiger partial charge on any atom is 0.307 e. The predicted octanol–water partition coefficient (Wildman–Crippen LogP) is 2.90. The number of carbonyl (C=O) groups is 2. The summed E-state index contributed by atoms with van der Waals surface area (Å²) in [5.41, 5.74) is 1.66. The number of anilines is 1. The van der Waals surface area contributed by atoms with Crippen LogP contribution in [0.3, 0.4) is 0 Å². The molecule has 1 fully saturated rings. The van der Waals surface area contributed by atoms with Crippen LogP contribution in [-0.2, 0) is 16.0 Å². The van der Waals surface area contributed by atoms with Crippen LogP contribution in [0, 0.1) is 24.2 Å². The Morgan fingerprint density at radius 3 is 2.60 bits per heavy atom. The van der Waals surface area contributed by atoms with Gasteiger partial charge < -0.3 is 14.9 Å². The summed E-state index contributed by atoms with van der Waals surface area (Å²) in [6, 6.07) is 5.47. The highest BCUT2D eigenvalue weighted by molar-refractivity contribution is 6.00. The number of rotatable bonds is 5. The van der Waals surface area contributed by atoms with Crippen LogP contribution in [0.4, 0.5) is 5.69 Å². The molecule has 2 atom stereocenters. The number of benzene rings is 1. The number of carboxylic acid groups (broad SMARTS) is 1. The molecule has 0 radical (unpaired) electrons. The van der Waals surface area contributed by atoms with Crippen molar-refractivity contribution in [2.24, 2.45) is 17.3 Å². The first-order valence-electron chi connectivity index (χ1n) is 8.23. The third kappa shape index (κ3) is 3.01. The van der Waals surface area contributed by atoms with Gasteiger partial charge in [-0.25, -0.2) is 0 Å². The first kappa shape index (κ1) is 17.1. The van der Waals surface area contributed by atoms with Crippen molar-refractivity contribution >= 4 is 17.6 Å². The lowest BCUT2D eigenvalue weighted by molar-refractivity contribution is -0.140. The van der Waals surface area contributed by atoms with Crippen molar-refractivity contribution in [2.75, 3.05) is 5.32 Å². The van der Waals surface area contributed by atoms with Crippen molar-refractivity contribution in [3.05, 3.63) is 29.6 Å². The van der Waals surface area contributed by atoms with E-state index in [4.69, 9.17) is 4.52 Å². The van der Waals surface area contributed by atoms with Crippen LogP contribution in [0.2, 0.25) is 0 Å². The SMILES string of the molecule is CCc1noc(-c2ccc(C)c(NC(=O)[C@@H]3[C@H](C(=O)O)C3(C)C)c2)n1. The minimum atomic E-state index is -0.937. The predicted molar refractivity (Wildman–Crippen MR) is 90.9 cm³/mol. The van der Waals surface area contributed by atoms with Gasteiger partial charge in [0.1, 0.15) is 0 Å². The first-order valence-corrected chi connectivity index (χ1v) is 8.23. The number of aryl methyl sites for hydroxylation is 2. The Morgan fingerprint density at radius 2 is 2.04 bits per heavy atom. The molecule has 7 heteroatoms. The van der Waals surface area contributed by atoms with E-state index in [1.165, 1.54) is 0 Å². The van der Waals surface area contributed by atoms with Crippen molar-refractivity contribution in [1.29, 1.82) is 0 Å². The van der Waals surface area contributed by atoms with E-state index in [0.29, 0.717) is 29.4 Å². The lowest BCUT2D eigenvalue weighted by Crippen LogP contribution is -2.18. The van der Waals surface area contributed by atoms with Crippen LogP contribution in [0.1, 0.15) is 32.2 Å². The number of aliphatic carboxylic acids is 1. The number of hydrogen-bond acceptors (Lipinski definition) is 5. The Balaban J connectivity index is 1.82. The summed E-state index contributed by atoms with van der Waals surface area (Å²) in [6.07, 6.45) is 0.673. The van der Waals surface area contributed by atoms with Gasteiger partial charge >= 0.3 is 5.97 Å². The van der Waals surface area contributed by atoms with Gasteiger partial charge in [0.05, 0.1) is 11.8 Å². The molecule has 0 saturated heterocycles. The van der Waals surface area contributed by atoms with E-state index >= 15 is 0 Å². The van der Waals surface area contributed by atoms with Gasteiger partial charge in [0.2, 0.25) is 5.91 Å². The van der Waals surface area contributed by atoms with Crippen molar-refractivity contribution in [2.45, 2.75) is 34.1 Å². The molecular formula is C18H21N3O4. The minimum absolute atomic E-state index is 0.280. The summed E-state index contributed by atoms with van der Waals surface area (Å²) in [5.74, 6) is -1.40. The Morgan fingerprint density at radius 1 is 1.32 bits per heavy atom. The number of nitrogens with one attached hydrogen (secondary N) is 1. The molecule has 1 aliphatic carbocycles. The highest BCUT2D eigenvalue weighted by Crippen LogP contribution is 2.58. The summed E-state index contributed by atoms with van der Waals surface area (Å²) in [6.45, 7) is 7.40. The molecule has 1 saturated carbocycles. The second-order valence-corrected chi connectivity index (χ2v) is 7.00. The lowest BCUT2D eigenvalue weighted by atomic mass is 10.1. The van der Waals surface area contributed by atoms with Gasteiger partial charge in [-0.15, -0.1) is 0 Å². The van der Waals surface area contributed by atoms with E-state index < -0.39 is 23.2 Å². The zero-order valence-corrected chi connectivity index (χ0v) is 14.7. The highest BCUT2D eigenvalue weighted by Gasteiger charge is 2.65. The first-order chi connectivity index (χ1) is 11.8. The molecule has 25 heavy (non-hydrogen) atoms. The van der Waals surface area contributed by atoms with Crippen molar-refractivity contribution in [3.8, 4) is 11.5 Å². The molecule has 1 amide bonds. The van der Waals surface area contributed by atoms with Crippen LogP contribution >= 0.6 is 0 Å². The molecule has 132 valence electrons. The zero-order valence-electron chi connectivity index (χ0n) is 14.7. The highest BCUT2D eigenvalue weighted by atomic mass is 16.5. The summed E-state index contributed by atoms with van der Waals surface area (Å²) < 4.78 is 5.23. The summed E-state index contributed by atoms with van der Waals surface area (Å²) >= 11 is 0. The van der Waals surface area contributed by atoms with Gasteiger partial charge in [-0.3, -0.25) is 9.59 Å². The number of nitrogens with zero attached hydrogens (tertiary/aromatic N) is 2. The fourth-order valence-corrected chi connectivity index (χ4v) is 3.20. The van der Waals surface area contributed by atoms with Crippen molar-refractivity contribution in [3.63, 3.8) is 0 Å². The number of carbonyl (C=O) groups excluding carboxylic acids is 1. The quantitative estimate of drug-likeness (QED) is 0.865. The molecule has 0 bridgehead atoms. The molecule has 1 aromatic heterocycles. The summed E-state index contributed by atoms with van der Waals surface area (Å²) in [7, 11) is 0. The van der Waals surface area contributed by atoms with E-state index in [9.17, 15) is 14.7 Å². The molecular weight excluding hydrogens is 322 g/mol. The molecule has 0 spiro atoms. The minimum Gasteiger partial charge on any atom is -0.481 e. The van der Waals surface area contributed by atoms with Gasteiger partial charge in [0, 0.05) is 17.7 Å². The van der Waals surface area contributed by atoms with Gasteiger partial charge in [-0.2, -0.15) is 4.98 Å². The summed E-state index contributed by atoms with van der Waals surface area (Å²) in [4.78, 5) is 28.1. The molecule has 7 nitrogen and oxygen atoms in total. The molecule has 0 aliphatic heterocycles. The van der Waals surface area contributed by atoms with E-state index in [1.807, 2.05) is 26.0 Å². The Kier molecular flexibility index (Phi) is 4.10. The maximum atomic E-state index is 12.5. The molecule has 2 N–H and O–H groups in total. The lowest BCUT2D eigenvalue weighted by Gasteiger charge is -2.10. The van der Waals surface area contributed by atoms with E-state index in [-0.39, 0.29) is 5.91 Å². The van der Waals surface area contributed by atoms with Crippen LogP contribution in [0.15, 0.2) is 22.7 Å². The fraction of sp³-hybridized carbons (Fsp3) is 0.444. The molecule has 1 aliphatic rings. The summed E-state index contributed by atoms with van der Waals surface area (Å²) in [5, 5.41) is 16.0. The van der Waals surface area contributed by atoms with Crippen molar-refractivity contribution < 1.29 is 19.2 Å². The second kappa shape index (κ2) is 5.98. The Hall–Kier alpha value is -2.70. The van der Waals surface area contributed by atoms with E-state index in [2.05, 4.69) is 15.5 Å². The van der Waals surface area contributed by atoms with Crippen LogP contribution < -0.4 is 5.32 Å². The smallest absolute Gasteiger partial charge is 0.307 e. The molecule has 0 unspecified atom stereocenters. The van der Waals surface area contributed by atoms with Gasteiger partial charge in [0.25, 0.3) is 5.89 Å². The normalized spacial score (nSPS) is 21.0. The topological polar surface area (TPSA) is 105 Å². The maximum absolute atomic E-state index is 12.5. The van der Waals surface area contributed by atoms with E-state index in [1.54, 1.807) is 19.9 Å². The van der Waals surface area contributed by atoms with Crippen molar-refractivity contribution in [1.82, 2.24) is 10.1 Å². The van der Waals surface area contributed by atoms with Gasteiger partial charge in [0.15, 0.2) is 5.82 Å². The monoisotopic (exact) mass is 343 g/mol. The molecule has 1 aromatic carbocycles. The van der Waals surface area contributed by atoms with Crippen LogP contribution in [0.5, 0.6) is 0 Å². The molecule has 1 heterocycles. The second-order valence-electron chi connectivity index (χ2n) is 7.00. The average Bonchev–Trinajstić information content (AvgIpc) is 2.92. The largest absolute Gasteiger partial charge is 0.481 e. The van der Waals surface area contributed by atoms with Crippen LogP contribution in [-0.4, -0.2) is 27.1 Å².